The fourth-order valence-electron chi connectivity index (χ4n) is 4.11. The normalized spacial score (nSPS) is 23.9. The number of anilines is 1. The first-order valence-electron chi connectivity index (χ1n) is 9.44. The van der Waals surface area contributed by atoms with Crippen molar-refractivity contribution >= 4 is 46.0 Å². The molecule has 2 amide bonds. The Kier molecular flexibility index (Phi) is 6.43. The number of carbonyl (C=O) groups is 3. The molecule has 2 aliphatic rings. The third-order valence-corrected chi connectivity index (χ3v) is 6.97. The Labute approximate surface area is 200 Å². The van der Waals surface area contributed by atoms with E-state index in [1.165, 1.54) is 16.7 Å². The molecule has 0 spiro atoms. The molecule has 4 rings (SSSR count). The maximum Gasteiger partial charge on any atom is 1.00 e. The van der Waals surface area contributed by atoms with Gasteiger partial charge >= 0.3 is 35.5 Å². The van der Waals surface area contributed by atoms with Gasteiger partial charge in [-0.05, 0) is 32.2 Å². The average Bonchev–Trinajstić information content (AvgIpc) is 2.91. The van der Waals surface area contributed by atoms with Crippen LogP contribution in [0.2, 0.25) is 0 Å². The number of benzene rings is 2. The number of carbonyl (C=O) groups excluding carboxylic acids is 2. The van der Waals surface area contributed by atoms with Crippen molar-refractivity contribution < 1.29 is 53.8 Å². The van der Waals surface area contributed by atoms with Gasteiger partial charge in [-0.2, -0.15) is 0 Å². The number of carboxylic acids is 1. The minimum Gasteiger partial charge on any atom is -0.492 e. The molecular formula is C21H22N2NaO5S+. The predicted molar refractivity (Wildman–Crippen MR) is 111 cm³/mol. The maximum absolute atomic E-state index is 13.1. The second-order valence-corrected chi connectivity index (χ2v) is 9.43. The number of thioether (sulfide) groups is 1. The molecule has 2 aromatic carbocycles. The average molecular weight is 437 g/mol. The predicted octanol–water partition coefficient (Wildman–Crippen LogP) is -0.0559. The Bertz CT molecular complexity index is 1030. The van der Waals surface area contributed by atoms with Gasteiger partial charge < -0.3 is 20.1 Å². The number of hydrogen-bond acceptors (Lipinski definition) is 5. The van der Waals surface area contributed by atoms with Crippen LogP contribution in [0.3, 0.4) is 0 Å². The van der Waals surface area contributed by atoms with Crippen LogP contribution in [-0.4, -0.2) is 50.6 Å². The van der Waals surface area contributed by atoms with Crippen LogP contribution in [0.15, 0.2) is 36.4 Å². The molecule has 2 heterocycles. The van der Waals surface area contributed by atoms with Crippen LogP contribution in [0.25, 0.3) is 10.8 Å². The van der Waals surface area contributed by atoms with Gasteiger partial charge in [-0.25, -0.2) is 4.79 Å². The zero-order valence-corrected chi connectivity index (χ0v) is 20.2. The van der Waals surface area contributed by atoms with E-state index < -0.39 is 39.9 Å². The van der Waals surface area contributed by atoms with E-state index in [0.717, 1.165) is 10.8 Å². The Morgan fingerprint density at radius 3 is 2.60 bits per heavy atom. The number of nitrogens with zero attached hydrogens (tertiary/aromatic N) is 1. The molecule has 0 aliphatic carbocycles. The summed E-state index contributed by atoms with van der Waals surface area (Å²) in [6, 6.07) is 10.4. The maximum atomic E-state index is 13.1. The smallest absolute Gasteiger partial charge is 0.492 e. The molecule has 2 fully saturated rings. The quantitative estimate of drug-likeness (QED) is 0.387. The number of hydrogen-bond donors (Lipinski definition) is 2. The van der Waals surface area contributed by atoms with Crippen LogP contribution in [0.1, 0.15) is 20.8 Å². The first kappa shape index (κ1) is 22.9. The molecule has 0 bridgehead atoms. The summed E-state index contributed by atoms with van der Waals surface area (Å²) in [4.78, 5) is 38.8. The van der Waals surface area contributed by atoms with Crippen LogP contribution in [0.5, 0.6) is 5.75 Å². The Morgan fingerprint density at radius 1 is 1.23 bits per heavy atom. The minimum atomic E-state index is -1.05. The molecule has 3 atom stereocenters. The summed E-state index contributed by atoms with van der Waals surface area (Å²) in [7, 11) is 0. The van der Waals surface area contributed by atoms with Crippen molar-refractivity contribution in [2.75, 3.05) is 11.9 Å². The molecule has 2 N–H and O–H groups in total. The molecule has 0 saturated carbocycles. The van der Waals surface area contributed by atoms with Gasteiger partial charge in [0.15, 0.2) is 0 Å². The van der Waals surface area contributed by atoms with E-state index in [1.54, 1.807) is 19.9 Å². The zero-order chi connectivity index (χ0) is 20.9. The first-order chi connectivity index (χ1) is 13.8. The molecule has 2 aliphatic heterocycles. The molecule has 0 radical (unpaired) electrons. The topological polar surface area (TPSA) is 95.9 Å². The number of rotatable bonds is 5. The van der Waals surface area contributed by atoms with Gasteiger partial charge in [-0.15, -0.1) is 11.8 Å². The van der Waals surface area contributed by atoms with Crippen LogP contribution in [0, 0.1) is 5.92 Å². The van der Waals surface area contributed by atoms with Crippen molar-refractivity contribution in [1.29, 1.82) is 0 Å². The second-order valence-electron chi connectivity index (χ2n) is 7.66. The molecule has 30 heavy (non-hydrogen) atoms. The Hall–Kier alpha value is -1.74. The summed E-state index contributed by atoms with van der Waals surface area (Å²) in [6.45, 7) is 5.87. The van der Waals surface area contributed by atoms with Crippen molar-refractivity contribution in [2.45, 2.75) is 36.9 Å². The number of carboxylic acid groups (broad SMARTS) is 1. The molecular weight excluding hydrogens is 415 g/mol. The molecule has 2 aromatic rings. The number of amides is 2. The number of fused-ring (bicyclic) bond motifs is 2. The summed E-state index contributed by atoms with van der Waals surface area (Å²) in [5, 5.41) is 13.7. The summed E-state index contributed by atoms with van der Waals surface area (Å²) >= 11 is 1.36. The fourth-order valence-corrected chi connectivity index (χ4v) is 5.79. The monoisotopic (exact) mass is 437 g/mol. The van der Waals surface area contributed by atoms with Gasteiger partial charge in [0.25, 0.3) is 0 Å². The first-order valence-corrected chi connectivity index (χ1v) is 10.3. The van der Waals surface area contributed by atoms with Crippen LogP contribution >= 0.6 is 11.8 Å². The number of aliphatic carboxylic acids is 1. The van der Waals surface area contributed by atoms with Crippen molar-refractivity contribution in [2.24, 2.45) is 5.92 Å². The largest absolute Gasteiger partial charge is 1.00 e. The van der Waals surface area contributed by atoms with Crippen molar-refractivity contribution in [3.8, 4) is 5.75 Å². The van der Waals surface area contributed by atoms with Crippen molar-refractivity contribution in [3.63, 3.8) is 0 Å². The van der Waals surface area contributed by atoms with Gasteiger partial charge in [0.05, 0.1) is 17.7 Å². The number of ether oxygens (including phenoxy) is 1. The van der Waals surface area contributed by atoms with Crippen LogP contribution in [0.4, 0.5) is 5.69 Å². The molecule has 2 saturated heterocycles. The molecule has 0 aromatic heterocycles. The van der Waals surface area contributed by atoms with E-state index in [-0.39, 0.29) is 29.6 Å². The summed E-state index contributed by atoms with van der Waals surface area (Å²) in [6.07, 6.45) is 0. The Balaban J connectivity index is 0.00000256. The Morgan fingerprint density at radius 2 is 1.93 bits per heavy atom. The molecule has 1 unspecified atom stereocenters. The van der Waals surface area contributed by atoms with E-state index in [1.807, 2.05) is 37.3 Å². The summed E-state index contributed by atoms with van der Waals surface area (Å²) in [5.74, 6) is -2.33. The van der Waals surface area contributed by atoms with Crippen molar-refractivity contribution in [1.82, 2.24) is 4.90 Å². The molecule has 7 nitrogen and oxygen atoms in total. The minimum absolute atomic E-state index is 0. The van der Waals surface area contributed by atoms with E-state index in [0.29, 0.717) is 18.0 Å². The van der Waals surface area contributed by atoms with Crippen LogP contribution < -0.4 is 39.6 Å². The van der Waals surface area contributed by atoms with Crippen molar-refractivity contribution in [3.05, 3.63) is 36.4 Å². The number of β-lactam (4-membered cyclic amide) rings is 1. The van der Waals surface area contributed by atoms with Gasteiger partial charge in [0.2, 0.25) is 11.8 Å². The van der Waals surface area contributed by atoms with Gasteiger partial charge in [-0.1, -0.05) is 30.3 Å². The molecule has 9 heteroatoms. The van der Waals surface area contributed by atoms with Gasteiger partial charge in [-0.3, -0.25) is 9.59 Å². The second kappa shape index (κ2) is 8.42. The zero-order valence-electron chi connectivity index (χ0n) is 17.3. The van der Waals surface area contributed by atoms with E-state index in [4.69, 9.17) is 4.74 Å². The molecule has 152 valence electrons. The number of nitrogens with one attached hydrogen (secondary N) is 1. The van der Waals surface area contributed by atoms with Gasteiger partial charge in [0.1, 0.15) is 17.7 Å². The summed E-state index contributed by atoms with van der Waals surface area (Å²) < 4.78 is 5.01. The third-order valence-electron chi connectivity index (χ3n) is 5.40. The van der Waals surface area contributed by atoms with Crippen LogP contribution in [-0.2, 0) is 14.4 Å². The third kappa shape index (κ3) is 3.60. The van der Waals surface area contributed by atoms with E-state index >= 15 is 0 Å². The van der Waals surface area contributed by atoms with E-state index in [9.17, 15) is 19.5 Å². The SMILES string of the molecule is CCOc1ccc2ccccc2c1NC(=O)[C@@H]1C(=O)N2C(C(=O)O)C(C)(C)S[C@H]12.[Na+]. The van der Waals surface area contributed by atoms with Gasteiger partial charge in [0, 0.05) is 10.1 Å². The summed E-state index contributed by atoms with van der Waals surface area (Å²) in [5.41, 5.74) is 0.526. The standard InChI is InChI=1S/C21H22N2O5S.Na/c1-4-28-13-10-9-11-7-5-6-8-12(11)15(13)22-17(24)14-18(25)23-16(20(26)27)21(2,3)29-19(14)23;/h5-10,14,16,19H,4H2,1-3H3,(H,22,24)(H,26,27);/q;+1/t14-,16?,19-;/m1./s1. The fraction of sp³-hybridized carbons (Fsp3) is 0.381. The van der Waals surface area contributed by atoms with E-state index in [2.05, 4.69) is 5.32 Å².